The third-order valence-electron chi connectivity index (χ3n) is 4.43. The molecule has 1 aromatic carbocycles. The van der Waals surface area contributed by atoms with Crippen molar-refractivity contribution in [2.24, 2.45) is 0 Å². The number of rotatable bonds is 9. The van der Waals surface area contributed by atoms with Gasteiger partial charge in [-0.3, -0.25) is 9.59 Å². The summed E-state index contributed by atoms with van der Waals surface area (Å²) < 4.78 is 21.0. The molecule has 0 fully saturated rings. The maximum Gasteiger partial charge on any atom is 0.341 e. The largest absolute Gasteiger partial charge is 0.496 e. The van der Waals surface area contributed by atoms with Crippen LogP contribution in [-0.2, 0) is 27.4 Å². The monoisotopic (exact) mass is 447 g/mol. The third-order valence-corrected chi connectivity index (χ3v) is 4.77. The van der Waals surface area contributed by atoms with Crippen molar-refractivity contribution in [2.75, 3.05) is 12.4 Å². The minimum atomic E-state index is -3.19. The fraction of sp³-hybridized carbons (Fsp3) is 0.421. The Kier molecular flexibility index (Phi) is 7.48. The van der Waals surface area contributed by atoms with E-state index in [0.717, 1.165) is 0 Å². The van der Waals surface area contributed by atoms with E-state index in [2.05, 4.69) is 5.32 Å². The average molecular weight is 448 g/mol. The molecule has 7 nitrogen and oxygen atoms in total. The molecule has 29 heavy (non-hydrogen) atoms. The molecule has 0 spiro atoms. The van der Waals surface area contributed by atoms with Gasteiger partial charge in [0.05, 0.1) is 18.4 Å². The van der Waals surface area contributed by atoms with Crippen LogP contribution in [0, 0.1) is 6.92 Å². The van der Waals surface area contributed by atoms with Crippen LogP contribution in [0.4, 0.5) is 10.1 Å². The van der Waals surface area contributed by atoms with Crippen LogP contribution in [-0.4, -0.2) is 34.6 Å². The Balaban J connectivity index is 2.42. The van der Waals surface area contributed by atoms with E-state index in [4.69, 9.17) is 37.8 Å². The molecule has 1 amide bonds. The van der Waals surface area contributed by atoms with E-state index in [0.29, 0.717) is 41.7 Å². The van der Waals surface area contributed by atoms with Crippen molar-refractivity contribution in [1.82, 2.24) is 0 Å². The lowest BCUT2D eigenvalue weighted by Crippen LogP contribution is -2.29. The van der Waals surface area contributed by atoms with Crippen LogP contribution in [0.5, 0.6) is 5.75 Å². The van der Waals surface area contributed by atoms with Crippen LogP contribution in [0.2, 0.25) is 0 Å². The number of carbonyl (C=O) groups is 3. The van der Waals surface area contributed by atoms with Gasteiger partial charge in [-0.1, -0.05) is 35.4 Å². The number of carboxylic acids is 1. The van der Waals surface area contributed by atoms with Crippen LogP contribution >= 0.6 is 23.2 Å². The Labute approximate surface area is 176 Å². The van der Waals surface area contributed by atoms with Crippen molar-refractivity contribution in [3.8, 4) is 5.75 Å². The lowest BCUT2D eigenvalue weighted by Gasteiger charge is -2.21. The fourth-order valence-electron chi connectivity index (χ4n) is 3.09. The highest BCUT2D eigenvalue weighted by atomic mass is 35.5. The van der Waals surface area contributed by atoms with Crippen LogP contribution < -0.4 is 10.1 Å². The molecule has 0 unspecified atom stereocenters. The number of carbonyl (C=O) groups excluding carboxylic acids is 2. The summed E-state index contributed by atoms with van der Waals surface area (Å²) in [5, 5.41) is 11.0. The van der Waals surface area contributed by atoms with E-state index < -0.39 is 22.4 Å². The summed E-state index contributed by atoms with van der Waals surface area (Å²) in [5.74, 6) is -2.48. The maximum atomic E-state index is 13.7. The van der Waals surface area contributed by atoms with E-state index >= 15 is 0 Å². The number of methoxy groups -OCH3 is 1. The molecule has 1 heterocycles. The summed E-state index contributed by atoms with van der Waals surface area (Å²) in [4.78, 5) is 34.9. The summed E-state index contributed by atoms with van der Waals surface area (Å²) >= 11 is 10.5. The zero-order chi connectivity index (χ0) is 21.8. The SMILES string of the molecule is COc1c(C)c2c(c(NC(=O)C(F)(Cl)Cl)c1CC/C=C/CCC(=O)O)C(=O)OC2. The number of alkyl halides is 3. The fourth-order valence-corrected chi connectivity index (χ4v) is 3.18. The molecule has 0 saturated heterocycles. The molecule has 1 aliphatic rings. The number of ether oxygens (including phenoxy) is 2. The van der Waals surface area contributed by atoms with Gasteiger partial charge in [0.25, 0.3) is 5.91 Å². The van der Waals surface area contributed by atoms with Gasteiger partial charge in [-0.05, 0) is 31.7 Å². The molecule has 0 saturated carbocycles. The minimum absolute atomic E-state index is 0.00286. The summed E-state index contributed by atoms with van der Waals surface area (Å²) in [5.41, 5.74) is 1.80. The number of hydrogen-bond acceptors (Lipinski definition) is 5. The molecule has 2 N–H and O–H groups in total. The van der Waals surface area contributed by atoms with Gasteiger partial charge >= 0.3 is 16.5 Å². The maximum absolute atomic E-state index is 13.7. The number of allylic oxidation sites excluding steroid dienone is 2. The number of hydrogen-bond donors (Lipinski definition) is 2. The van der Waals surface area contributed by atoms with E-state index in [9.17, 15) is 18.8 Å². The minimum Gasteiger partial charge on any atom is -0.496 e. The zero-order valence-electron chi connectivity index (χ0n) is 15.8. The normalized spacial score (nSPS) is 13.3. The number of fused-ring (bicyclic) bond motifs is 1. The highest BCUT2D eigenvalue weighted by Gasteiger charge is 2.38. The van der Waals surface area contributed by atoms with Gasteiger partial charge in [-0.15, -0.1) is 0 Å². The smallest absolute Gasteiger partial charge is 0.341 e. The third kappa shape index (κ3) is 5.39. The molecule has 2 rings (SSSR count). The predicted molar refractivity (Wildman–Crippen MR) is 105 cm³/mol. The van der Waals surface area contributed by atoms with Gasteiger partial charge in [0.2, 0.25) is 0 Å². The van der Waals surface area contributed by atoms with Crippen LogP contribution in [0.25, 0.3) is 0 Å². The van der Waals surface area contributed by atoms with Crippen molar-refractivity contribution in [2.45, 2.75) is 43.8 Å². The Morgan fingerprint density at radius 2 is 2.00 bits per heavy atom. The number of esters is 1. The van der Waals surface area contributed by atoms with Crippen molar-refractivity contribution in [3.63, 3.8) is 0 Å². The van der Waals surface area contributed by atoms with Gasteiger partial charge in [-0.2, -0.15) is 4.39 Å². The van der Waals surface area contributed by atoms with Crippen LogP contribution in [0.15, 0.2) is 12.2 Å². The van der Waals surface area contributed by atoms with Crippen LogP contribution in [0.1, 0.15) is 46.3 Å². The number of cyclic esters (lactones) is 1. The van der Waals surface area contributed by atoms with Gasteiger partial charge in [-0.25, -0.2) is 4.79 Å². The molecule has 158 valence electrons. The number of benzene rings is 1. The molecule has 1 aliphatic heterocycles. The van der Waals surface area contributed by atoms with Gasteiger partial charge in [0, 0.05) is 17.5 Å². The van der Waals surface area contributed by atoms with Gasteiger partial charge in [0.1, 0.15) is 12.4 Å². The lowest BCUT2D eigenvalue weighted by molar-refractivity contribution is -0.136. The molecule has 0 aromatic heterocycles. The first-order valence-corrected chi connectivity index (χ1v) is 9.47. The van der Waals surface area contributed by atoms with Crippen LogP contribution in [0.3, 0.4) is 0 Å². The highest BCUT2D eigenvalue weighted by Crippen LogP contribution is 2.42. The summed E-state index contributed by atoms with van der Waals surface area (Å²) in [6.07, 6.45) is 4.64. The van der Waals surface area contributed by atoms with Gasteiger partial charge in [0.15, 0.2) is 0 Å². The molecule has 0 atom stereocenters. The molecule has 0 bridgehead atoms. The summed E-state index contributed by atoms with van der Waals surface area (Å²) in [6, 6.07) is 0. The quantitative estimate of drug-likeness (QED) is 0.336. The number of amides is 1. The summed E-state index contributed by atoms with van der Waals surface area (Å²) in [6.45, 7) is 1.75. The Morgan fingerprint density at radius 1 is 1.34 bits per heavy atom. The second-order valence-electron chi connectivity index (χ2n) is 6.34. The number of nitrogens with one attached hydrogen (secondary N) is 1. The molecule has 0 aliphatic carbocycles. The van der Waals surface area contributed by atoms with Crippen molar-refractivity contribution >= 4 is 46.7 Å². The molecule has 1 aromatic rings. The molecular weight excluding hydrogens is 428 g/mol. The van der Waals surface area contributed by atoms with E-state index in [1.54, 1.807) is 19.1 Å². The lowest BCUT2D eigenvalue weighted by atomic mass is 9.93. The molecular formula is C19H20Cl2FNO6. The highest BCUT2D eigenvalue weighted by molar-refractivity contribution is 6.57. The second kappa shape index (κ2) is 9.45. The molecule has 10 heteroatoms. The Morgan fingerprint density at radius 3 is 2.59 bits per heavy atom. The van der Waals surface area contributed by atoms with E-state index in [1.807, 2.05) is 0 Å². The first-order chi connectivity index (χ1) is 13.6. The Bertz CT molecular complexity index is 863. The first kappa shape index (κ1) is 23.0. The van der Waals surface area contributed by atoms with E-state index in [-0.39, 0.29) is 24.3 Å². The number of aliphatic carboxylic acids is 1. The number of halogens is 3. The van der Waals surface area contributed by atoms with E-state index in [1.165, 1.54) is 7.11 Å². The van der Waals surface area contributed by atoms with Crippen molar-refractivity contribution < 1.29 is 33.4 Å². The Hall–Kier alpha value is -2.32. The average Bonchev–Trinajstić information content (AvgIpc) is 3.01. The molecule has 0 radical (unpaired) electrons. The standard InChI is InChI=1S/C19H20Cl2FNO6/c1-10-12-9-29-17(26)14(12)15(23-18(27)19(20,21)22)11(16(10)28-2)7-5-3-4-6-8-13(24)25/h3-4H,5-9H2,1-2H3,(H,23,27)(H,24,25)/b4-3+. The predicted octanol–water partition coefficient (Wildman–Crippen LogP) is 4.07. The van der Waals surface area contributed by atoms with Crippen molar-refractivity contribution in [1.29, 1.82) is 0 Å². The zero-order valence-corrected chi connectivity index (χ0v) is 17.3. The van der Waals surface area contributed by atoms with Gasteiger partial charge < -0.3 is 19.9 Å². The summed E-state index contributed by atoms with van der Waals surface area (Å²) in [7, 11) is 1.44. The first-order valence-electron chi connectivity index (χ1n) is 8.72. The topological polar surface area (TPSA) is 102 Å². The van der Waals surface area contributed by atoms with Crippen molar-refractivity contribution in [3.05, 3.63) is 34.4 Å². The number of anilines is 1. The second-order valence-corrected chi connectivity index (χ2v) is 7.57. The number of carboxylic acid groups (broad SMARTS) is 1.